The zero-order valence-corrected chi connectivity index (χ0v) is 10.0. The van der Waals surface area contributed by atoms with Gasteiger partial charge in [0.1, 0.15) is 0 Å². The highest BCUT2D eigenvalue weighted by Crippen LogP contribution is 2.44. The van der Waals surface area contributed by atoms with E-state index in [0.717, 1.165) is 31.1 Å². The van der Waals surface area contributed by atoms with E-state index in [4.69, 9.17) is 16.4 Å². The van der Waals surface area contributed by atoms with Crippen molar-refractivity contribution in [2.24, 2.45) is 0 Å². The van der Waals surface area contributed by atoms with Crippen LogP contribution in [-0.4, -0.2) is 31.8 Å². The van der Waals surface area contributed by atoms with Crippen LogP contribution in [0.1, 0.15) is 12.0 Å². The molecule has 1 aromatic rings. The predicted molar refractivity (Wildman–Crippen MR) is 64.8 cm³/mol. The number of hydroxylamine groups is 2. The van der Waals surface area contributed by atoms with E-state index in [2.05, 4.69) is 17.4 Å². The Labute approximate surface area is 100 Å². The zero-order chi connectivity index (χ0) is 11.2. The summed E-state index contributed by atoms with van der Waals surface area (Å²) in [7, 11) is 1.74. The van der Waals surface area contributed by atoms with Gasteiger partial charge in [0.05, 0.1) is 7.11 Å². The number of hydrogen-bond acceptors (Lipinski definition) is 3. The van der Waals surface area contributed by atoms with E-state index in [0.29, 0.717) is 0 Å². The number of halogens is 1. The highest BCUT2D eigenvalue weighted by atomic mass is 35.5. The van der Waals surface area contributed by atoms with E-state index in [1.165, 1.54) is 11.3 Å². The van der Waals surface area contributed by atoms with Gasteiger partial charge in [-0.15, -0.1) is 0 Å². The summed E-state index contributed by atoms with van der Waals surface area (Å²) in [5.74, 6) is 0. The van der Waals surface area contributed by atoms with Crippen molar-refractivity contribution >= 4 is 17.3 Å². The Morgan fingerprint density at radius 2 is 2.38 bits per heavy atom. The van der Waals surface area contributed by atoms with Crippen LogP contribution in [0.4, 0.5) is 5.69 Å². The summed E-state index contributed by atoms with van der Waals surface area (Å²) in [6.07, 6.45) is 1.13. The number of anilines is 1. The maximum Gasteiger partial charge on any atom is 0.0575 e. The molecule has 3 rings (SSSR count). The number of hydrogen-bond donors (Lipinski definition) is 1. The maximum atomic E-state index is 6.08. The molecule has 0 aromatic heterocycles. The van der Waals surface area contributed by atoms with Gasteiger partial charge in [0.25, 0.3) is 0 Å². The minimum atomic E-state index is 0.191. The molecule has 1 aromatic carbocycles. The number of nitrogens with zero attached hydrogens (tertiary/aromatic N) is 1. The summed E-state index contributed by atoms with van der Waals surface area (Å²) < 4.78 is 0. The first-order valence-electron chi connectivity index (χ1n) is 5.56. The van der Waals surface area contributed by atoms with E-state index in [1.807, 2.05) is 11.1 Å². The van der Waals surface area contributed by atoms with Crippen molar-refractivity contribution < 1.29 is 4.84 Å². The smallest absolute Gasteiger partial charge is 0.0575 e. The zero-order valence-electron chi connectivity index (χ0n) is 9.29. The lowest BCUT2D eigenvalue weighted by atomic mass is 9.82. The molecule has 1 atom stereocenters. The monoisotopic (exact) mass is 238 g/mol. The van der Waals surface area contributed by atoms with Crippen molar-refractivity contribution in [3.8, 4) is 0 Å². The molecular weight excluding hydrogens is 224 g/mol. The fraction of sp³-hybridized carbons (Fsp3) is 0.500. The first-order chi connectivity index (χ1) is 7.73. The number of rotatable bonds is 1. The Hall–Kier alpha value is -0.770. The lowest BCUT2D eigenvalue weighted by molar-refractivity contribution is -0.115. The highest BCUT2D eigenvalue weighted by molar-refractivity contribution is 6.30. The molecule has 0 bridgehead atoms. The van der Waals surface area contributed by atoms with Crippen LogP contribution in [0, 0.1) is 0 Å². The van der Waals surface area contributed by atoms with E-state index in [9.17, 15) is 0 Å². The normalized spacial score (nSPS) is 28.4. The molecule has 0 amide bonds. The van der Waals surface area contributed by atoms with Gasteiger partial charge in [0.2, 0.25) is 0 Å². The first kappa shape index (κ1) is 10.4. The molecule has 16 heavy (non-hydrogen) atoms. The predicted octanol–water partition coefficient (Wildman–Crippen LogP) is 2.27. The van der Waals surface area contributed by atoms with Crippen molar-refractivity contribution in [2.45, 2.75) is 11.8 Å². The van der Waals surface area contributed by atoms with Gasteiger partial charge in [0.15, 0.2) is 0 Å². The Morgan fingerprint density at radius 1 is 1.50 bits per heavy atom. The highest BCUT2D eigenvalue weighted by Gasteiger charge is 2.44. The molecule has 1 spiro atoms. The number of nitrogens with one attached hydrogen (secondary N) is 1. The molecule has 2 aliphatic rings. The maximum absolute atomic E-state index is 6.08. The van der Waals surface area contributed by atoms with Gasteiger partial charge < -0.3 is 10.2 Å². The standard InChI is InChI=1S/C12H15ClN2O/c1-16-15-5-4-12(8-15)7-14-11-3-2-9(13)6-10(11)12/h2-3,6,14H,4-5,7-8H2,1H3. The van der Waals surface area contributed by atoms with E-state index in [-0.39, 0.29) is 5.41 Å². The van der Waals surface area contributed by atoms with E-state index >= 15 is 0 Å². The summed E-state index contributed by atoms with van der Waals surface area (Å²) in [6, 6.07) is 6.10. The van der Waals surface area contributed by atoms with Gasteiger partial charge in [-0.05, 0) is 30.2 Å². The molecule has 1 fully saturated rings. The Kier molecular flexibility index (Phi) is 2.35. The van der Waals surface area contributed by atoms with E-state index < -0.39 is 0 Å². The molecule has 86 valence electrons. The van der Waals surface area contributed by atoms with Crippen LogP contribution in [0.3, 0.4) is 0 Å². The van der Waals surface area contributed by atoms with Gasteiger partial charge in [-0.1, -0.05) is 11.6 Å². The summed E-state index contributed by atoms with van der Waals surface area (Å²) in [4.78, 5) is 5.32. The topological polar surface area (TPSA) is 24.5 Å². The average Bonchev–Trinajstić information content (AvgIpc) is 2.86. The SMILES string of the molecule is CON1CCC2(CNc3ccc(Cl)cc32)C1. The molecule has 0 saturated carbocycles. The molecule has 2 heterocycles. The quantitative estimate of drug-likeness (QED) is 0.813. The van der Waals surface area contributed by atoms with Crippen molar-refractivity contribution in [1.82, 2.24) is 5.06 Å². The molecule has 0 radical (unpaired) electrons. The van der Waals surface area contributed by atoms with Crippen LogP contribution in [-0.2, 0) is 10.3 Å². The molecule has 4 heteroatoms. The van der Waals surface area contributed by atoms with Crippen LogP contribution < -0.4 is 5.32 Å². The second kappa shape index (κ2) is 3.62. The number of benzene rings is 1. The van der Waals surface area contributed by atoms with E-state index in [1.54, 1.807) is 7.11 Å². The van der Waals surface area contributed by atoms with Gasteiger partial charge in [-0.3, -0.25) is 0 Å². The molecular formula is C12H15ClN2O. The van der Waals surface area contributed by atoms with Crippen LogP contribution in [0.5, 0.6) is 0 Å². The molecule has 1 saturated heterocycles. The summed E-state index contributed by atoms with van der Waals surface area (Å²) in [5.41, 5.74) is 2.76. The van der Waals surface area contributed by atoms with Crippen LogP contribution >= 0.6 is 11.6 Å². The summed E-state index contributed by atoms with van der Waals surface area (Å²) in [6.45, 7) is 2.93. The van der Waals surface area contributed by atoms with Gasteiger partial charge >= 0.3 is 0 Å². The summed E-state index contributed by atoms with van der Waals surface area (Å²) in [5, 5.41) is 6.31. The van der Waals surface area contributed by atoms with Gasteiger partial charge in [0, 0.05) is 35.8 Å². The Bertz CT molecular complexity index is 423. The second-order valence-electron chi connectivity index (χ2n) is 4.62. The lowest BCUT2D eigenvalue weighted by Gasteiger charge is -2.23. The van der Waals surface area contributed by atoms with Crippen molar-refractivity contribution in [1.29, 1.82) is 0 Å². The fourth-order valence-electron chi connectivity index (χ4n) is 2.82. The fourth-order valence-corrected chi connectivity index (χ4v) is 3.00. The largest absolute Gasteiger partial charge is 0.384 e. The molecule has 3 nitrogen and oxygen atoms in total. The number of fused-ring (bicyclic) bond motifs is 2. The van der Waals surface area contributed by atoms with Crippen molar-refractivity contribution in [3.05, 3.63) is 28.8 Å². The third-order valence-corrected chi connectivity index (χ3v) is 3.98. The van der Waals surface area contributed by atoms with Crippen molar-refractivity contribution in [3.63, 3.8) is 0 Å². The third-order valence-electron chi connectivity index (χ3n) is 3.75. The minimum absolute atomic E-state index is 0.191. The van der Waals surface area contributed by atoms with Crippen LogP contribution in [0.2, 0.25) is 5.02 Å². The molecule has 0 aliphatic carbocycles. The Morgan fingerprint density at radius 3 is 3.12 bits per heavy atom. The van der Waals surface area contributed by atoms with Crippen molar-refractivity contribution in [2.75, 3.05) is 32.1 Å². The molecule has 1 unspecified atom stereocenters. The Balaban J connectivity index is 1.99. The molecule has 2 aliphatic heterocycles. The van der Waals surface area contributed by atoms with Gasteiger partial charge in [-0.25, -0.2) is 0 Å². The average molecular weight is 239 g/mol. The second-order valence-corrected chi connectivity index (χ2v) is 5.06. The lowest BCUT2D eigenvalue weighted by Crippen LogP contribution is -2.32. The first-order valence-corrected chi connectivity index (χ1v) is 5.94. The van der Waals surface area contributed by atoms with Crippen LogP contribution in [0.15, 0.2) is 18.2 Å². The van der Waals surface area contributed by atoms with Gasteiger partial charge in [-0.2, -0.15) is 5.06 Å². The molecule has 1 N–H and O–H groups in total. The van der Waals surface area contributed by atoms with Crippen LogP contribution in [0.25, 0.3) is 0 Å². The minimum Gasteiger partial charge on any atom is -0.384 e. The summed E-state index contributed by atoms with van der Waals surface area (Å²) >= 11 is 6.08. The third kappa shape index (κ3) is 1.43.